The fourth-order valence-corrected chi connectivity index (χ4v) is 3.01. The van der Waals surface area contributed by atoms with Gasteiger partial charge in [-0.2, -0.15) is 0 Å². The molecule has 0 radical (unpaired) electrons. The molecule has 1 N–H and O–H groups in total. The van der Waals surface area contributed by atoms with Gasteiger partial charge in [-0.1, -0.05) is 27.2 Å². The molecule has 2 atom stereocenters. The molecule has 2 heteroatoms. The molecule has 0 aromatic carbocycles. The third-order valence-electron chi connectivity index (χ3n) is 3.98. The smallest absolute Gasteiger partial charge is 0.0224 e. The van der Waals surface area contributed by atoms with Crippen molar-refractivity contribution in [3.8, 4) is 0 Å². The van der Waals surface area contributed by atoms with Gasteiger partial charge < -0.3 is 5.32 Å². The Hall–Kier alpha value is -0.0800. The predicted molar refractivity (Wildman–Crippen MR) is 69.6 cm³/mol. The maximum atomic E-state index is 3.78. The van der Waals surface area contributed by atoms with Gasteiger partial charge in [-0.05, 0) is 31.1 Å². The average Bonchev–Trinajstić information content (AvgIpc) is 3.03. The van der Waals surface area contributed by atoms with E-state index in [0.29, 0.717) is 0 Å². The average molecular weight is 224 g/mol. The molecule has 1 saturated carbocycles. The first kappa shape index (κ1) is 12.4. The Morgan fingerprint density at radius 3 is 2.62 bits per heavy atom. The number of hydrogen-bond donors (Lipinski definition) is 1. The quantitative estimate of drug-likeness (QED) is 0.772. The van der Waals surface area contributed by atoms with E-state index in [9.17, 15) is 0 Å². The lowest BCUT2D eigenvalue weighted by Crippen LogP contribution is -2.57. The standard InChI is InChI=1S/C14H28N2/c1-4-5-13-8-15-14(12-6-7-12)10-16(13)9-11(2)3/h11-15H,4-10H2,1-3H3. The second-order valence-corrected chi connectivity index (χ2v) is 6.14. The molecular formula is C14H28N2. The molecule has 2 nitrogen and oxygen atoms in total. The fraction of sp³-hybridized carbons (Fsp3) is 1.00. The van der Waals surface area contributed by atoms with Crippen molar-refractivity contribution in [2.24, 2.45) is 11.8 Å². The molecule has 0 amide bonds. The molecule has 2 rings (SSSR count). The molecular weight excluding hydrogens is 196 g/mol. The van der Waals surface area contributed by atoms with Crippen LogP contribution in [0.25, 0.3) is 0 Å². The van der Waals surface area contributed by atoms with E-state index < -0.39 is 0 Å². The van der Waals surface area contributed by atoms with E-state index in [2.05, 4.69) is 31.0 Å². The molecule has 1 saturated heterocycles. The maximum Gasteiger partial charge on any atom is 0.0224 e. The number of rotatable bonds is 5. The largest absolute Gasteiger partial charge is 0.311 e. The zero-order chi connectivity index (χ0) is 11.5. The Labute approximate surface area is 101 Å². The van der Waals surface area contributed by atoms with Gasteiger partial charge in [0.25, 0.3) is 0 Å². The Balaban J connectivity index is 1.88. The first-order valence-corrected chi connectivity index (χ1v) is 7.18. The Morgan fingerprint density at radius 1 is 1.31 bits per heavy atom. The highest BCUT2D eigenvalue weighted by atomic mass is 15.2. The van der Waals surface area contributed by atoms with Gasteiger partial charge in [0.2, 0.25) is 0 Å². The molecule has 1 aliphatic carbocycles. The highest BCUT2D eigenvalue weighted by Crippen LogP contribution is 2.34. The number of piperazine rings is 1. The van der Waals surface area contributed by atoms with E-state index in [-0.39, 0.29) is 0 Å². The van der Waals surface area contributed by atoms with E-state index >= 15 is 0 Å². The van der Waals surface area contributed by atoms with Crippen LogP contribution in [0.15, 0.2) is 0 Å². The lowest BCUT2D eigenvalue weighted by atomic mass is 10.0. The van der Waals surface area contributed by atoms with Crippen molar-refractivity contribution in [1.82, 2.24) is 10.2 Å². The summed E-state index contributed by atoms with van der Waals surface area (Å²) in [5, 5.41) is 3.78. The third-order valence-corrected chi connectivity index (χ3v) is 3.98. The monoisotopic (exact) mass is 224 g/mol. The van der Waals surface area contributed by atoms with Crippen molar-refractivity contribution < 1.29 is 0 Å². The van der Waals surface area contributed by atoms with Crippen LogP contribution in [-0.4, -0.2) is 36.6 Å². The Kier molecular flexibility index (Phi) is 4.26. The summed E-state index contributed by atoms with van der Waals surface area (Å²) in [6.07, 6.45) is 5.60. The number of nitrogens with zero attached hydrogens (tertiary/aromatic N) is 1. The SMILES string of the molecule is CCCC1CNC(C2CC2)CN1CC(C)C. The van der Waals surface area contributed by atoms with Crippen LogP contribution in [0.4, 0.5) is 0 Å². The molecule has 2 unspecified atom stereocenters. The maximum absolute atomic E-state index is 3.78. The molecule has 0 aromatic rings. The van der Waals surface area contributed by atoms with Gasteiger partial charge in [-0.3, -0.25) is 4.90 Å². The van der Waals surface area contributed by atoms with Crippen LogP contribution in [0.3, 0.4) is 0 Å². The second-order valence-electron chi connectivity index (χ2n) is 6.14. The number of hydrogen-bond acceptors (Lipinski definition) is 2. The molecule has 1 heterocycles. The molecule has 16 heavy (non-hydrogen) atoms. The molecule has 1 aliphatic heterocycles. The highest BCUT2D eigenvalue weighted by molar-refractivity contribution is 4.94. The molecule has 2 fully saturated rings. The minimum atomic E-state index is 0.794. The lowest BCUT2D eigenvalue weighted by molar-refractivity contribution is 0.102. The van der Waals surface area contributed by atoms with Gasteiger partial charge in [0, 0.05) is 31.7 Å². The van der Waals surface area contributed by atoms with Crippen molar-refractivity contribution in [3.05, 3.63) is 0 Å². The molecule has 0 aromatic heterocycles. The second kappa shape index (κ2) is 5.50. The molecule has 2 aliphatic rings. The lowest BCUT2D eigenvalue weighted by Gasteiger charge is -2.41. The Bertz CT molecular complexity index is 211. The zero-order valence-electron chi connectivity index (χ0n) is 11.2. The summed E-state index contributed by atoms with van der Waals surface area (Å²) >= 11 is 0. The highest BCUT2D eigenvalue weighted by Gasteiger charge is 2.36. The molecule has 94 valence electrons. The normalized spacial score (nSPS) is 32.2. The summed E-state index contributed by atoms with van der Waals surface area (Å²) in [6, 6.07) is 1.59. The van der Waals surface area contributed by atoms with Gasteiger partial charge in [0.05, 0.1) is 0 Å². The van der Waals surface area contributed by atoms with E-state index in [0.717, 1.165) is 23.9 Å². The van der Waals surface area contributed by atoms with E-state index in [1.54, 1.807) is 0 Å². The van der Waals surface area contributed by atoms with Crippen LogP contribution in [-0.2, 0) is 0 Å². The Morgan fingerprint density at radius 2 is 2.06 bits per heavy atom. The van der Waals surface area contributed by atoms with Crippen LogP contribution in [0.5, 0.6) is 0 Å². The van der Waals surface area contributed by atoms with Crippen molar-refractivity contribution in [1.29, 1.82) is 0 Å². The van der Waals surface area contributed by atoms with Gasteiger partial charge >= 0.3 is 0 Å². The first-order valence-electron chi connectivity index (χ1n) is 7.18. The minimum Gasteiger partial charge on any atom is -0.311 e. The summed E-state index contributed by atoms with van der Waals surface area (Å²) in [4.78, 5) is 2.76. The molecule has 0 bridgehead atoms. The summed E-state index contributed by atoms with van der Waals surface area (Å²) in [5.74, 6) is 1.80. The van der Waals surface area contributed by atoms with Crippen LogP contribution >= 0.6 is 0 Å². The third kappa shape index (κ3) is 3.21. The van der Waals surface area contributed by atoms with Crippen LogP contribution in [0.1, 0.15) is 46.5 Å². The van der Waals surface area contributed by atoms with Crippen LogP contribution in [0.2, 0.25) is 0 Å². The van der Waals surface area contributed by atoms with Crippen LogP contribution in [0, 0.1) is 11.8 Å². The summed E-state index contributed by atoms with van der Waals surface area (Å²) in [6.45, 7) is 10.8. The summed E-state index contributed by atoms with van der Waals surface area (Å²) in [5.41, 5.74) is 0. The van der Waals surface area contributed by atoms with Gasteiger partial charge in [-0.15, -0.1) is 0 Å². The predicted octanol–water partition coefficient (Wildman–Crippen LogP) is 2.49. The number of nitrogens with one attached hydrogen (secondary N) is 1. The topological polar surface area (TPSA) is 15.3 Å². The van der Waals surface area contributed by atoms with E-state index in [1.807, 2.05) is 0 Å². The molecule has 0 spiro atoms. The zero-order valence-corrected chi connectivity index (χ0v) is 11.2. The van der Waals surface area contributed by atoms with Crippen LogP contribution < -0.4 is 5.32 Å². The fourth-order valence-electron chi connectivity index (χ4n) is 3.01. The van der Waals surface area contributed by atoms with E-state index in [4.69, 9.17) is 0 Å². The van der Waals surface area contributed by atoms with Gasteiger partial charge in [-0.25, -0.2) is 0 Å². The van der Waals surface area contributed by atoms with Crippen molar-refractivity contribution >= 4 is 0 Å². The van der Waals surface area contributed by atoms with Gasteiger partial charge in [0.15, 0.2) is 0 Å². The summed E-state index contributed by atoms with van der Waals surface area (Å²) in [7, 11) is 0. The van der Waals surface area contributed by atoms with Gasteiger partial charge in [0.1, 0.15) is 0 Å². The summed E-state index contributed by atoms with van der Waals surface area (Å²) < 4.78 is 0. The first-order chi connectivity index (χ1) is 7.70. The van der Waals surface area contributed by atoms with Crippen molar-refractivity contribution in [2.75, 3.05) is 19.6 Å². The van der Waals surface area contributed by atoms with Crippen molar-refractivity contribution in [2.45, 2.75) is 58.5 Å². The van der Waals surface area contributed by atoms with Crippen molar-refractivity contribution in [3.63, 3.8) is 0 Å². The minimum absolute atomic E-state index is 0.794. The van der Waals surface area contributed by atoms with E-state index in [1.165, 1.54) is 45.3 Å².